The van der Waals surface area contributed by atoms with E-state index in [2.05, 4.69) is 30.7 Å². The first-order valence-electron chi connectivity index (χ1n) is 7.59. The quantitative estimate of drug-likeness (QED) is 0.865. The lowest BCUT2D eigenvalue weighted by molar-refractivity contribution is 0.0764. The Bertz CT molecular complexity index is 567. The van der Waals surface area contributed by atoms with Gasteiger partial charge in [0.1, 0.15) is 5.69 Å². The molecule has 1 aromatic rings. The van der Waals surface area contributed by atoms with Crippen LogP contribution in [-0.4, -0.2) is 35.4 Å². The predicted octanol–water partition coefficient (Wildman–Crippen LogP) is 2.04. The summed E-state index contributed by atoms with van der Waals surface area (Å²) >= 11 is 0. The minimum atomic E-state index is -0.0132. The van der Waals surface area contributed by atoms with Gasteiger partial charge >= 0.3 is 0 Å². The second kappa shape index (κ2) is 6.73. The van der Waals surface area contributed by atoms with Crippen LogP contribution in [0.25, 0.3) is 0 Å². The van der Waals surface area contributed by atoms with Crippen LogP contribution in [0.3, 0.4) is 0 Å². The lowest BCUT2D eigenvalue weighted by Crippen LogP contribution is -2.32. The molecule has 0 atom stereocenters. The molecule has 0 bridgehead atoms. The van der Waals surface area contributed by atoms with Crippen LogP contribution < -0.4 is 5.73 Å². The molecule has 0 saturated carbocycles. The monoisotopic (exact) mass is 285 g/mol. The van der Waals surface area contributed by atoms with Gasteiger partial charge in [-0.15, -0.1) is 0 Å². The number of carbonyl (C=O) groups is 1. The smallest absolute Gasteiger partial charge is 0.273 e. The van der Waals surface area contributed by atoms with Crippen molar-refractivity contribution in [3.8, 4) is 11.8 Å². The maximum absolute atomic E-state index is 12.7. The molecule has 4 nitrogen and oxygen atoms in total. The van der Waals surface area contributed by atoms with E-state index in [0.29, 0.717) is 11.3 Å². The van der Waals surface area contributed by atoms with E-state index in [4.69, 9.17) is 5.73 Å². The molecular formula is C17H23N3O. The van der Waals surface area contributed by atoms with Crippen molar-refractivity contribution in [3.05, 3.63) is 29.6 Å². The van der Waals surface area contributed by atoms with Gasteiger partial charge in [0.15, 0.2) is 0 Å². The van der Waals surface area contributed by atoms with Gasteiger partial charge in [-0.1, -0.05) is 25.7 Å². The number of rotatable bonds is 3. The molecule has 2 rings (SSSR count). The summed E-state index contributed by atoms with van der Waals surface area (Å²) in [6, 6.07) is 3.62. The first-order chi connectivity index (χ1) is 10.2. The Morgan fingerprint density at radius 3 is 2.86 bits per heavy atom. The highest BCUT2D eigenvalue weighted by Crippen LogP contribution is 2.37. The Labute approximate surface area is 126 Å². The zero-order valence-corrected chi connectivity index (χ0v) is 12.9. The molecule has 0 spiro atoms. The molecule has 0 aromatic carbocycles. The first kappa shape index (κ1) is 15.5. The number of likely N-dealkylation sites (tertiary alicyclic amines) is 1. The summed E-state index contributed by atoms with van der Waals surface area (Å²) in [5.74, 6) is 5.72. The molecule has 1 amide bonds. The molecule has 0 radical (unpaired) electrons. The molecule has 2 N–H and O–H groups in total. The lowest BCUT2D eigenvalue weighted by Gasteiger charge is -2.26. The molecule has 0 aliphatic carbocycles. The Hall–Kier alpha value is -1.86. The van der Waals surface area contributed by atoms with E-state index < -0.39 is 0 Å². The number of hydrogen-bond acceptors (Lipinski definition) is 3. The van der Waals surface area contributed by atoms with Gasteiger partial charge in [-0.2, -0.15) is 0 Å². The van der Waals surface area contributed by atoms with Crippen molar-refractivity contribution in [1.82, 2.24) is 9.88 Å². The van der Waals surface area contributed by atoms with Crippen molar-refractivity contribution >= 4 is 5.91 Å². The number of pyridine rings is 1. The van der Waals surface area contributed by atoms with Crippen LogP contribution >= 0.6 is 0 Å². The summed E-state index contributed by atoms with van der Waals surface area (Å²) in [4.78, 5) is 18.9. The van der Waals surface area contributed by atoms with Crippen molar-refractivity contribution in [2.45, 2.75) is 33.1 Å². The number of carbonyl (C=O) groups excluding carboxylic acids is 1. The van der Waals surface area contributed by atoms with Crippen molar-refractivity contribution < 1.29 is 4.79 Å². The van der Waals surface area contributed by atoms with Crippen molar-refractivity contribution in [3.63, 3.8) is 0 Å². The van der Waals surface area contributed by atoms with Gasteiger partial charge in [0, 0.05) is 19.3 Å². The fraction of sp³-hybridized carbons (Fsp3) is 0.529. The van der Waals surface area contributed by atoms with Crippen LogP contribution in [0, 0.1) is 17.3 Å². The van der Waals surface area contributed by atoms with E-state index in [1.807, 2.05) is 11.0 Å². The minimum absolute atomic E-state index is 0.0132. The average Bonchev–Trinajstić information content (AvgIpc) is 2.98. The number of amides is 1. The molecule has 0 unspecified atom stereocenters. The molecule has 4 heteroatoms. The van der Waals surface area contributed by atoms with Crippen LogP contribution in [0.2, 0.25) is 0 Å². The Balaban J connectivity index is 2.22. The highest BCUT2D eigenvalue weighted by atomic mass is 16.2. The summed E-state index contributed by atoms with van der Waals surface area (Å²) in [5, 5.41) is 0. The maximum atomic E-state index is 12.7. The predicted molar refractivity (Wildman–Crippen MR) is 83.7 cm³/mol. The lowest BCUT2D eigenvalue weighted by atomic mass is 9.82. The van der Waals surface area contributed by atoms with E-state index in [9.17, 15) is 4.79 Å². The van der Waals surface area contributed by atoms with Crippen molar-refractivity contribution in [2.24, 2.45) is 11.1 Å². The number of hydrogen-bond donors (Lipinski definition) is 1. The van der Waals surface area contributed by atoms with Gasteiger partial charge in [-0.3, -0.25) is 4.79 Å². The fourth-order valence-electron chi connectivity index (χ4n) is 2.91. The summed E-state index contributed by atoms with van der Waals surface area (Å²) < 4.78 is 0. The van der Waals surface area contributed by atoms with Crippen molar-refractivity contribution in [2.75, 3.05) is 19.6 Å². The molecule has 1 saturated heterocycles. The SMILES string of the molecule is CCC1(CC)CCN(C(=O)c2ncccc2C#CCN)C1. The number of nitrogens with zero attached hydrogens (tertiary/aromatic N) is 2. The van der Waals surface area contributed by atoms with E-state index >= 15 is 0 Å². The van der Waals surface area contributed by atoms with Crippen molar-refractivity contribution in [1.29, 1.82) is 0 Å². The zero-order chi connectivity index (χ0) is 15.3. The maximum Gasteiger partial charge on any atom is 0.273 e. The molecule has 2 heterocycles. The van der Waals surface area contributed by atoms with E-state index in [-0.39, 0.29) is 17.9 Å². The standard InChI is InChI=1S/C17H23N3O/c1-3-17(4-2)9-12-20(13-17)16(21)15-14(7-5-10-18)8-6-11-19-15/h6,8,11H,3-4,9-10,12-13,18H2,1-2H3. The summed E-state index contributed by atoms with van der Waals surface area (Å²) in [5.41, 5.74) is 6.79. The third-order valence-electron chi connectivity index (χ3n) is 4.56. The van der Waals surface area contributed by atoms with Crippen LogP contribution in [0.5, 0.6) is 0 Å². The number of aromatic nitrogens is 1. The molecule has 112 valence electrons. The molecular weight excluding hydrogens is 262 g/mol. The normalized spacial score (nSPS) is 16.4. The fourth-order valence-corrected chi connectivity index (χ4v) is 2.91. The van der Waals surface area contributed by atoms with Gasteiger partial charge in [-0.05, 0) is 36.8 Å². The van der Waals surface area contributed by atoms with E-state index in [1.165, 1.54) is 0 Å². The third-order valence-corrected chi connectivity index (χ3v) is 4.56. The Morgan fingerprint density at radius 1 is 1.48 bits per heavy atom. The zero-order valence-electron chi connectivity index (χ0n) is 12.9. The average molecular weight is 285 g/mol. The second-order valence-electron chi connectivity index (χ2n) is 5.59. The highest BCUT2D eigenvalue weighted by Gasteiger charge is 2.37. The topological polar surface area (TPSA) is 59.2 Å². The second-order valence-corrected chi connectivity index (χ2v) is 5.59. The Kier molecular flexibility index (Phi) is 4.98. The Morgan fingerprint density at radius 2 is 2.24 bits per heavy atom. The van der Waals surface area contributed by atoms with E-state index in [0.717, 1.165) is 32.4 Å². The number of nitrogens with two attached hydrogens (primary N) is 1. The molecule has 21 heavy (non-hydrogen) atoms. The molecule has 1 aliphatic heterocycles. The van der Waals surface area contributed by atoms with Crippen LogP contribution in [0.1, 0.15) is 49.2 Å². The van der Waals surface area contributed by atoms with E-state index in [1.54, 1.807) is 12.3 Å². The third kappa shape index (κ3) is 3.25. The molecule has 1 fully saturated rings. The van der Waals surface area contributed by atoms with Crippen LogP contribution in [-0.2, 0) is 0 Å². The first-order valence-corrected chi connectivity index (χ1v) is 7.59. The van der Waals surface area contributed by atoms with Gasteiger partial charge in [0.25, 0.3) is 5.91 Å². The summed E-state index contributed by atoms with van der Waals surface area (Å²) in [6.45, 7) is 6.31. The van der Waals surface area contributed by atoms with Gasteiger partial charge < -0.3 is 10.6 Å². The van der Waals surface area contributed by atoms with Gasteiger partial charge in [0.2, 0.25) is 0 Å². The highest BCUT2D eigenvalue weighted by molar-refractivity contribution is 5.95. The summed E-state index contributed by atoms with van der Waals surface area (Å²) in [6.07, 6.45) is 4.93. The minimum Gasteiger partial charge on any atom is -0.337 e. The van der Waals surface area contributed by atoms with Gasteiger partial charge in [0.05, 0.1) is 12.1 Å². The molecule has 1 aliphatic rings. The van der Waals surface area contributed by atoms with Gasteiger partial charge in [-0.25, -0.2) is 4.98 Å². The van der Waals surface area contributed by atoms with Crippen LogP contribution in [0.15, 0.2) is 18.3 Å². The summed E-state index contributed by atoms with van der Waals surface area (Å²) in [7, 11) is 0. The van der Waals surface area contributed by atoms with Crippen LogP contribution in [0.4, 0.5) is 0 Å². The largest absolute Gasteiger partial charge is 0.337 e. The molecule has 1 aromatic heterocycles.